The molecule has 4 nitrogen and oxygen atoms in total. The molecular formula is C94H76N2O2S2. The topological polar surface area (TPSA) is 24.9 Å². The van der Waals surface area contributed by atoms with Gasteiger partial charge in [-0.2, -0.15) is 0 Å². The summed E-state index contributed by atoms with van der Waals surface area (Å²) in [4.78, 5) is 4.93. The number of hydrogen-bond donors (Lipinski definition) is 0. The summed E-state index contributed by atoms with van der Waals surface area (Å²) >= 11 is 3.72. The first-order valence-corrected chi connectivity index (χ1v) is 37.1. The number of ether oxygens (including phenoxy) is 2. The number of rotatable bonds is 17. The van der Waals surface area contributed by atoms with Crippen LogP contribution < -0.4 is 14.5 Å². The molecule has 14 aromatic carbocycles. The summed E-state index contributed by atoms with van der Waals surface area (Å²) in [5.41, 5.74) is 25.1. The lowest BCUT2D eigenvalue weighted by Gasteiger charge is -2.28. The van der Waals surface area contributed by atoms with Gasteiger partial charge in [0.25, 0.3) is 0 Å². The molecule has 16 aromatic rings. The number of benzene rings is 14. The van der Waals surface area contributed by atoms with Crippen molar-refractivity contribution in [2.45, 2.75) is 78.2 Å². The lowest BCUT2D eigenvalue weighted by molar-refractivity contribution is 0.122. The van der Waals surface area contributed by atoms with E-state index in [0.29, 0.717) is 19.8 Å². The number of thiophene rings is 2. The molecule has 0 N–H and O–H groups in total. The lowest BCUT2D eigenvalue weighted by Crippen LogP contribution is -2.15. The second kappa shape index (κ2) is 24.7. The molecule has 2 aliphatic rings. The van der Waals surface area contributed by atoms with Crippen LogP contribution in [0.3, 0.4) is 0 Å². The monoisotopic (exact) mass is 1330 g/mol. The Hall–Kier alpha value is -10.6. The highest BCUT2D eigenvalue weighted by atomic mass is 32.1. The third-order valence-corrected chi connectivity index (χ3v) is 23.8. The molecule has 2 aliphatic carbocycles. The van der Waals surface area contributed by atoms with Gasteiger partial charge in [0.2, 0.25) is 0 Å². The van der Waals surface area contributed by atoms with E-state index < -0.39 is 0 Å². The van der Waals surface area contributed by atoms with Crippen LogP contribution in [-0.4, -0.2) is 13.2 Å². The highest BCUT2D eigenvalue weighted by Gasteiger charge is 2.37. The second-order valence-electron chi connectivity index (χ2n) is 28.3. The lowest BCUT2D eigenvalue weighted by atomic mass is 9.82. The van der Waals surface area contributed by atoms with Gasteiger partial charge >= 0.3 is 0 Å². The van der Waals surface area contributed by atoms with Gasteiger partial charge in [-0.25, -0.2) is 0 Å². The molecule has 0 bridgehead atoms. The number of hydrogen-bond acceptors (Lipinski definition) is 6. The second-order valence-corrected chi connectivity index (χ2v) is 30.5. The van der Waals surface area contributed by atoms with E-state index in [2.05, 4.69) is 330 Å². The first kappa shape index (κ1) is 61.7. The van der Waals surface area contributed by atoms with Crippen LogP contribution in [0.4, 0.5) is 34.1 Å². The van der Waals surface area contributed by atoms with Crippen molar-refractivity contribution in [3.63, 3.8) is 0 Å². The van der Waals surface area contributed by atoms with Crippen LogP contribution in [0.25, 0.3) is 118 Å². The highest BCUT2D eigenvalue weighted by molar-refractivity contribution is 7.26. The number of unbranched alkanes of at least 4 members (excludes halogenated alkanes) is 1. The molecule has 0 fully saturated rings. The van der Waals surface area contributed by atoms with Crippen LogP contribution in [0.2, 0.25) is 0 Å². The average molecular weight is 1330 g/mol. The van der Waals surface area contributed by atoms with Crippen molar-refractivity contribution in [1.82, 2.24) is 0 Å². The zero-order valence-electron chi connectivity index (χ0n) is 57.3. The van der Waals surface area contributed by atoms with Crippen molar-refractivity contribution in [2.75, 3.05) is 23.0 Å². The Kier molecular flexibility index (Phi) is 15.2. The standard InChI is InChI=1S/C94H76N2O2S2/c1-7-9-49-98-86-45-36-64-51-62(60-21-19-23-67(53-60)96(71-40-47-90-81(57-71)77-27-13-17-31-88(77)100-90)69-38-44-85-79(55-69)75-25-11-15-29-83(75)94(85,5)6)35-42-73(64)92(86)91-65(58-97-48-8-2)33-32-63-50-61(34-41-72(63)91)59-20-18-22-66(52-59)95(70-39-46-89-80(56-70)76-26-12-16-30-87(76)99-89)68-37-43-84-78(54-68)74-24-10-14-28-82(74)93(84,3)4/h10-47,50-57H,7-9,48-49,58H2,1-6H3. The van der Waals surface area contributed by atoms with Gasteiger partial charge in [0.1, 0.15) is 5.75 Å². The predicted octanol–water partition coefficient (Wildman–Crippen LogP) is 27.4. The zero-order valence-corrected chi connectivity index (χ0v) is 59.0. The van der Waals surface area contributed by atoms with Gasteiger partial charge in [0, 0.05) is 97.5 Å². The maximum atomic E-state index is 6.96. The summed E-state index contributed by atoms with van der Waals surface area (Å²) in [5, 5.41) is 9.72. The summed E-state index contributed by atoms with van der Waals surface area (Å²) in [6.07, 6.45) is 2.93. The fourth-order valence-electron chi connectivity index (χ4n) is 16.4. The van der Waals surface area contributed by atoms with Gasteiger partial charge in [0.05, 0.1) is 13.2 Å². The summed E-state index contributed by atoms with van der Waals surface area (Å²) in [6.45, 7) is 15.6. The Morgan fingerprint density at radius 2 is 0.770 bits per heavy atom. The molecule has 0 aliphatic heterocycles. The SMILES string of the molecule is CCCCOc1ccc2cc(-c3cccc(N(c4ccc5c(c4)-c4ccccc4C5(C)C)c4ccc5sc6ccccc6c5c4)c3)ccc2c1-c1c(COCCC)ccc2cc(-c3cccc(N(c4ccc5c(c4)-c4ccccc4C5(C)C)c4ccc5sc6ccccc6c5c4)c3)ccc12. The van der Waals surface area contributed by atoms with Gasteiger partial charge in [-0.1, -0.05) is 212 Å². The maximum Gasteiger partial charge on any atom is 0.127 e. The van der Waals surface area contributed by atoms with E-state index in [1.807, 2.05) is 22.7 Å². The molecule has 0 atom stereocenters. The molecule has 486 valence electrons. The molecule has 2 heterocycles. The van der Waals surface area contributed by atoms with Crippen LogP contribution >= 0.6 is 22.7 Å². The van der Waals surface area contributed by atoms with Crippen LogP contribution in [0, 0.1) is 0 Å². The molecule has 0 unspecified atom stereocenters. The Labute approximate surface area is 593 Å². The molecule has 2 aromatic heterocycles. The van der Waals surface area contributed by atoms with Crippen molar-refractivity contribution in [3.05, 3.63) is 307 Å². The summed E-state index contributed by atoms with van der Waals surface area (Å²) in [6, 6.07) is 105. The smallest absolute Gasteiger partial charge is 0.127 e. The van der Waals surface area contributed by atoms with Crippen LogP contribution in [0.15, 0.2) is 279 Å². The van der Waals surface area contributed by atoms with Crippen molar-refractivity contribution in [3.8, 4) is 61.4 Å². The molecule has 100 heavy (non-hydrogen) atoms. The van der Waals surface area contributed by atoms with E-state index in [1.54, 1.807) is 0 Å². The van der Waals surface area contributed by atoms with Crippen LogP contribution in [-0.2, 0) is 22.2 Å². The molecule has 6 heteroatoms. The molecule has 0 spiro atoms. The van der Waals surface area contributed by atoms with Gasteiger partial charge in [0.15, 0.2) is 0 Å². The van der Waals surface area contributed by atoms with Crippen LogP contribution in [0.5, 0.6) is 5.75 Å². The minimum Gasteiger partial charge on any atom is -0.493 e. The Bertz CT molecular complexity index is 5580. The third-order valence-electron chi connectivity index (χ3n) is 21.5. The van der Waals surface area contributed by atoms with Crippen molar-refractivity contribution in [1.29, 1.82) is 0 Å². The van der Waals surface area contributed by atoms with E-state index in [0.717, 1.165) is 120 Å². The van der Waals surface area contributed by atoms with Gasteiger partial charge in [-0.15, -0.1) is 22.7 Å². The van der Waals surface area contributed by atoms with E-state index in [4.69, 9.17) is 9.47 Å². The summed E-state index contributed by atoms with van der Waals surface area (Å²) in [7, 11) is 0. The first-order valence-electron chi connectivity index (χ1n) is 35.4. The van der Waals surface area contributed by atoms with E-state index >= 15 is 0 Å². The third kappa shape index (κ3) is 10.3. The Balaban J connectivity index is 0.750. The molecule has 0 saturated heterocycles. The zero-order chi connectivity index (χ0) is 67.4. The van der Waals surface area contributed by atoms with E-state index in [9.17, 15) is 0 Å². The normalized spacial score (nSPS) is 13.3. The van der Waals surface area contributed by atoms with Crippen LogP contribution in [0.1, 0.15) is 88.6 Å². The van der Waals surface area contributed by atoms with Gasteiger partial charge < -0.3 is 19.3 Å². The van der Waals surface area contributed by atoms with E-state index in [-0.39, 0.29) is 10.8 Å². The number of fused-ring (bicyclic) bond motifs is 14. The van der Waals surface area contributed by atoms with E-state index in [1.165, 1.54) is 84.9 Å². The predicted molar refractivity (Wildman–Crippen MR) is 428 cm³/mol. The maximum absolute atomic E-state index is 6.96. The number of nitrogens with zero attached hydrogens (tertiary/aromatic N) is 2. The summed E-state index contributed by atoms with van der Waals surface area (Å²) < 4.78 is 18.7. The van der Waals surface area contributed by atoms with Gasteiger partial charge in [-0.3, -0.25) is 0 Å². The molecule has 0 amide bonds. The van der Waals surface area contributed by atoms with Crippen molar-refractivity contribution < 1.29 is 9.47 Å². The molecule has 0 radical (unpaired) electrons. The number of anilines is 6. The highest BCUT2D eigenvalue weighted by Crippen LogP contribution is 2.54. The largest absolute Gasteiger partial charge is 0.493 e. The molecule has 18 rings (SSSR count). The first-order chi connectivity index (χ1) is 49.0. The minimum absolute atomic E-state index is 0.101. The molecule has 0 saturated carbocycles. The molecular weight excluding hydrogens is 1250 g/mol. The van der Waals surface area contributed by atoms with Crippen molar-refractivity contribution in [2.24, 2.45) is 0 Å². The summed E-state index contributed by atoms with van der Waals surface area (Å²) in [5.74, 6) is 0.885. The average Bonchev–Trinajstić information content (AvgIpc) is 1.43. The quantitative estimate of drug-likeness (QED) is 0.0849. The fourth-order valence-corrected chi connectivity index (χ4v) is 18.6. The van der Waals surface area contributed by atoms with Crippen molar-refractivity contribution >= 4 is 119 Å². The Morgan fingerprint density at radius 3 is 1.31 bits per heavy atom. The fraction of sp³-hybridized carbons (Fsp3) is 0.149. The van der Waals surface area contributed by atoms with Gasteiger partial charge in [-0.05, 0) is 228 Å². The Morgan fingerprint density at radius 1 is 0.320 bits per heavy atom. The minimum atomic E-state index is -0.101.